The minimum atomic E-state index is 0.408. The van der Waals surface area contributed by atoms with Crippen LogP contribution in [-0.4, -0.2) is 12.5 Å². The molecule has 0 fully saturated rings. The molecule has 0 aliphatic heterocycles. The second-order valence-electron chi connectivity index (χ2n) is 1.88. The number of terminal acetylenes is 1. The third kappa shape index (κ3) is 6.25. The highest BCUT2D eigenvalue weighted by atomic mass is 15.1. The Bertz CT molecular complexity index is 199. The van der Waals surface area contributed by atoms with E-state index in [4.69, 9.17) is 12.2 Å². The van der Waals surface area contributed by atoms with Gasteiger partial charge in [0.1, 0.15) is 5.84 Å². The van der Waals surface area contributed by atoms with Gasteiger partial charge in [-0.2, -0.15) is 4.99 Å². The molecule has 0 spiro atoms. The number of rotatable bonds is 3. The predicted molar refractivity (Wildman–Crippen MR) is 46.4 cm³/mol. The monoisotopic (exact) mass is 152 g/mol. The number of nitrogens with one attached hydrogen (secondary N) is 2. The first-order chi connectivity index (χ1) is 5.16. The molecule has 11 heavy (non-hydrogen) atoms. The van der Waals surface area contributed by atoms with E-state index in [9.17, 15) is 0 Å². The molecule has 0 aromatic rings. The largest absolute Gasteiger partial charge is 0.386 e. The van der Waals surface area contributed by atoms with Gasteiger partial charge in [-0.1, -0.05) is 13.0 Å². The van der Waals surface area contributed by atoms with Crippen molar-refractivity contribution in [2.24, 2.45) is 10.7 Å². The molecule has 0 heterocycles. The molecular weight excluding hydrogens is 140 g/mol. The molecule has 0 amide bonds. The van der Waals surface area contributed by atoms with Crippen molar-refractivity contribution in [3.63, 3.8) is 0 Å². The summed E-state index contributed by atoms with van der Waals surface area (Å²) in [5, 5.41) is 5.63. The van der Waals surface area contributed by atoms with Crippen LogP contribution in [0.3, 0.4) is 0 Å². The summed E-state index contributed by atoms with van der Waals surface area (Å²) < 4.78 is 0. The van der Waals surface area contributed by atoms with E-state index in [1.807, 2.05) is 0 Å². The van der Waals surface area contributed by atoms with Gasteiger partial charge in [0.2, 0.25) is 0 Å². The van der Waals surface area contributed by atoms with Gasteiger partial charge in [-0.15, -0.1) is 0 Å². The van der Waals surface area contributed by atoms with Gasteiger partial charge >= 0.3 is 0 Å². The van der Waals surface area contributed by atoms with Crippen LogP contribution >= 0.6 is 0 Å². The summed E-state index contributed by atoms with van der Waals surface area (Å²) in [5.41, 5.74) is 5.23. The molecular formula is C7H12N4. The highest BCUT2D eigenvalue weighted by Gasteiger charge is 1.86. The van der Waals surface area contributed by atoms with E-state index in [1.54, 1.807) is 6.92 Å². The van der Waals surface area contributed by atoms with E-state index >= 15 is 0 Å². The standard InChI is InChI=1S/C7H12N4/c1-4-9-7(3)11-5-10-6(2)8/h1,10H,2,5,8H2,3H3,(H,9,11). The second kappa shape index (κ2) is 5.18. The summed E-state index contributed by atoms with van der Waals surface area (Å²) in [5.74, 6) is 1.08. The molecule has 0 aromatic carbocycles. The van der Waals surface area contributed by atoms with Gasteiger partial charge < -0.3 is 16.4 Å². The zero-order valence-electron chi connectivity index (χ0n) is 6.52. The predicted octanol–water partition coefficient (Wildman–Crippen LogP) is -0.438. The molecule has 4 N–H and O–H groups in total. The van der Waals surface area contributed by atoms with Crippen LogP contribution in [0.1, 0.15) is 6.92 Å². The van der Waals surface area contributed by atoms with Crippen LogP contribution in [0.2, 0.25) is 0 Å². The van der Waals surface area contributed by atoms with Crippen molar-refractivity contribution < 1.29 is 0 Å². The highest BCUT2D eigenvalue weighted by Crippen LogP contribution is 1.69. The maximum atomic E-state index is 5.23. The van der Waals surface area contributed by atoms with Crippen LogP contribution < -0.4 is 16.4 Å². The van der Waals surface area contributed by atoms with E-state index in [0.717, 1.165) is 0 Å². The molecule has 0 bridgehead atoms. The Morgan fingerprint density at radius 3 is 2.82 bits per heavy atom. The average Bonchev–Trinajstić information content (AvgIpc) is 1.87. The van der Waals surface area contributed by atoms with Crippen LogP contribution in [0.5, 0.6) is 0 Å². The quantitative estimate of drug-likeness (QED) is 0.222. The summed E-state index contributed by atoms with van der Waals surface area (Å²) in [6, 6.07) is 2.15. The number of nitrogens with two attached hydrogens (primary N) is 1. The third-order valence-corrected chi connectivity index (χ3v) is 0.892. The first-order valence-corrected chi connectivity index (χ1v) is 3.09. The molecule has 0 aliphatic rings. The van der Waals surface area contributed by atoms with E-state index in [-0.39, 0.29) is 0 Å². The minimum Gasteiger partial charge on any atom is -0.386 e. The Morgan fingerprint density at radius 1 is 1.73 bits per heavy atom. The van der Waals surface area contributed by atoms with Gasteiger partial charge in [0.05, 0.1) is 12.5 Å². The molecule has 0 radical (unpaired) electrons. The van der Waals surface area contributed by atoms with Crippen molar-refractivity contribution in [1.82, 2.24) is 10.6 Å². The van der Waals surface area contributed by atoms with Crippen molar-refractivity contribution in [1.29, 1.82) is 0 Å². The fourth-order valence-electron chi connectivity index (χ4n) is 0.422. The Labute approximate surface area is 66.6 Å². The van der Waals surface area contributed by atoms with E-state index in [1.165, 1.54) is 0 Å². The molecule has 0 saturated heterocycles. The fraction of sp³-hybridized carbons (Fsp3) is 0.286. The first kappa shape index (κ1) is 9.37. The van der Waals surface area contributed by atoms with Crippen LogP contribution in [0, 0.1) is 12.5 Å². The zero-order chi connectivity index (χ0) is 8.69. The van der Waals surface area contributed by atoms with Crippen molar-refractivity contribution in [2.75, 3.05) is 6.67 Å². The van der Waals surface area contributed by atoms with Gasteiger partial charge in [-0.05, 0) is 6.92 Å². The molecule has 4 heteroatoms. The normalized spacial score (nSPS) is 10.0. The van der Waals surface area contributed by atoms with Gasteiger partial charge in [0, 0.05) is 6.04 Å². The van der Waals surface area contributed by atoms with Gasteiger partial charge in [-0.3, -0.25) is 0 Å². The molecule has 0 saturated carbocycles. The summed E-state index contributed by atoms with van der Waals surface area (Å²) in [7, 11) is 0. The molecule has 0 rings (SSSR count). The summed E-state index contributed by atoms with van der Waals surface area (Å²) >= 11 is 0. The Kier molecular flexibility index (Phi) is 4.41. The van der Waals surface area contributed by atoms with Crippen LogP contribution in [0.4, 0.5) is 0 Å². The number of nitrogens with zero attached hydrogens (tertiary/aromatic N) is 1. The fourth-order valence-corrected chi connectivity index (χ4v) is 0.422. The van der Waals surface area contributed by atoms with Crippen LogP contribution in [0.15, 0.2) is 17.4 Å². The summed E-state index contributed by atoms with van der Waals surface area (Å²) in [4.78, 5) is 3.64. The van der Waals surface area contributed by atoms with Crippen LogP contribution in [0.25, 0.3) is 0 Å². The lowest BCUT2D eigenvalue weighted by atomic mass is 10.6. The van der Waals surface area contributed by atoms with Crippen LogP contribution in [-0.2, 0) is 0 Å². The average molecular weight is 152 g/mol. The minimum absolute atomic E-state index is 0.408. The number of amidine groups is 1. The lowest BCUT2D eigenvalue weighted by molar-refractivity contribution is 0.752. The summed E-state index contributed by atoms with van der Waals surface area (Å²) in [6.07, 6.45) is 4.92. The van der Waals surface area contributed by atoms with Gasteiger partial charge in [0.25, 0.3) is 0 Å². The lowest BCUT2D eigenvalue weighted by Gasteiger charge is -2.06. The van der Waals surface area contributed by atoms with Crippen molar-refractivity contribution in [3.05, 3.63) is 12.4 Å². The molecule has 0 atom stereocenters. The topological polar surface area (TPSA) is 62.4 Å². The maximum Gasteiger partial charge on any atom is 0.111 e. The van der Waals surface area contributed by atoms with Crippen molar-refractivity contribution in [3.8, 4) is 12.5 Å². The molecule has 0 unspecified atom stereocenters. The highest BCUT2D eigenvalue weighted by molar-refractivity contribution is 5.80. The molecule has 60 valence electrons. The number of aliphatic imine (C=N–C) groups is 1. The Hall–Kier alpha value is -1.63. The Balaban J connectivity index is 3.48. The zero-order valence-corrected chi connectivity index (χ0v) is 6.52. The van der Waals surface area contributed by atoms with E-state index < -0.39 is 0 Å². The van der Waals surface area contributed by atoms with E-state index in [0.29, 0.717) is 18.3 Å². The SMILES string of the molecule is C#C/N=C(\C)NCNC(=C)N. The van der Waals surface area contributed by atoms with Crippen molar-refractivity contribution in [2.45, 2.75) is 6.92 Å². The molecule has 4 nitrogen and oxygen atoms in total. The smallest absolute Gasteiger partial charge is 0.111 e. The molecule has 0 aromatic heterocycles. The first-order valence-electron chi connectivity index (χ1n) is 3.09. The number of hydrogen-bond donors (Lipinski definition) is 3. The van der Waals surface area contributed by atoms with Gasteiger partial charge in [-0.25, -0.2) is 0 Å². The molecule has 0 aliphatic carbocycles. The maximum absolute atomic E-state index is 5.23. The van der Waals surface area contributed by atoms with Crippen molar-refractivity contribution >= 4 is 5.84 Å². The summed E-state index contributed by atoms with van der Waals surface area (Å²) in [6.45, 7) is 5.69. The number of hydrogen-bond acceptors (Lipinski definition) is 3. The van der Waals surface area contributed by atoms with Gasteiger partial charge in [0.15, 0.2) is 0 Å². The van der Waals surface area contributed by atoms with E-state index in [2.05, 4.69) is 28.2 Å². The Morgan fingerprint density at radius 2 is 2.36 bits per heavy atom. The lowest BCUT2D eigenvalue weighted by Crippen LogP contribution is -2.33. The third-order valence-electron chi connectivity index (χ3n) is 0.892. The second-order valence-corrected chi connectivity index (χ2v) is 1.88.